The van der Waals surface area contributed by atoms with Gasteiger partial charge in [-0.1, -0.05) is 0 Å². The summed E-state index contributed by atoms with van der Waals surface area (Å²) in [6, 6.07) is 3.07. The van der Waals surface area contributed by atoms with E-state index in [0.29, 0.717) is 12.3 Å². The van der Waals surface area contributed by atoms with E-state index >= 15 is 0 Å². The van der Waals surface area contributed by atoms with Gasteiger partial charge in [0.2, 0.25) is 0 Å². The summed E-state index contributed by atoms with van der Waals surface area (Å²) >= 11 is 0. The number of aromatic nitrogens is 1. The summed E-state index contributed by atoms with van der Waals surface area (Å²) in [4.78, 5) is 26.8. The van der Waals surface area contributed by atoms with Crippen LogP contribution in [-0.2, 0) is 14.3 Å². The van der Waals surface area contributed by atoms with E-state index in [2.05, 4.69) is 10.3 Å². The van der Waals surface area contributed by atoms with Gasteiger partial charge in [0.15, 0.2) is 0 Å². The number of nitrogens with one attached hydrogen (secondary N) is 1. The molecule has 1 aromatic heterocycles. The zero-order valence-electron chi connectivity index (χ0n) is 10.6. The maximum atomic E-state index is 11.5. The minimum absolute atomic E-state index is 0.203. The fourth-order valence-electron chi connectivity index (χ4n) is 1.14. The van der Waals surface area contributed by atoms with Gasteiger partial charge in [-0.2, -0.15) is 0 Å². The van der Waals surface area contributed by atoms with Crippen LogP contribution in [0.2, 0.25) is 0 Å². The van der Waals surface area contributed by atoms with Gasteiger partial charge in [0.05, 0.1) is 18.5 Å². The molecule has 1 aromatic rings. The van der Waals surface area contributed by atoms with E-state index in [1.54, 1.807) is 19.9 Å². The van der Waals surface area contributed by atoms with E-state index in [9.17, 15) is 9.59 Å². The second kappa shape index (κ2) is 6.70. The molecular formula is C12H16N2O4. The first-order valence-corrected chi connectivity index (χ1v) is 5.55. The Morgan fingerprint density at radius 3 is 2.67 bits per heavy atom. The van der Waals surface area contributed by atoms with Gasteiger partial charge in [-0.25, -0.2) is 9.78 Å². The van der Waals surface area contributed by atoms with Crippen LogP contribution >= 0.6 is 0 Å². The van der Waals surface area contributed by atoms with Crippen molar-refractivity contribution in [3.05, 3.63) is 24.0 Å². The van der Waals surface area contributed by atoms with Crippen LogP contribution in [0.5, 0.6) is 0 Å². The molecule has 0 unspecified atom stereocenters. The highest BCUT2D eigenvalue weighted by molar-refractivity contribution is 5.94. The fourth-order valence-corrected chi connectivity index (χ4v) is 1.14. The number of anilines is 1. The minimum atomic E-state index is -0.547. The SMILES string of the molecule is CCOC(=O)c1ccc(NC(=O)[C@@H](C)OC)cn1. The fraction of sp³-hybridized carbons (Fsp3) is 0.417. The van der Waals surface area contributed by atoms with Gasteiger partial charge >= 0.3 is 5.97 Å². The quantitative estimate of drug-likeness (QED) is 0.797. The van der Waals surface area contributed by atoms with Gasteiger partial charge in [0.25, 0.3) is 5.91 Å². The highest BCUT2D eigenvalue weighted by Gasteiger charge is 2.12. The molecule has 0 aliphatic heterocycles. The van der Waals surface area contributed by atoms with Crippen molar-refractivity contribution in [2.75, 3.05) is 19.0 Å². The predicted octanol–water partition coefficient (Wildman–Crippen LogP) is 1.23. The zero-order chi connectivity index (χ0) is 13.5. The number of carbonyl (C=O) groups is 2. The maximum absolute atomic E-state index is 11.5. The van der Waals surface area contributed by atoms with Crippen molar-refractivity contribution in [1.82, 2.24) is 4.98 Å². The summed E-state index contributed by atoms with van der Waals surface area (Å²) in [5.41, 5.74) is 0.701. The van der Waals surface area contributed by atoms with E-state index < -0.39 is 12.1 Å². The molecule has 1 amide bonds. The van der Waals surface area contributed by atoms with Crippen molar-refractivity contribution in [1.29, 1.82) is 0 Å². The van der Waals surface area contributed by atoms with Gasteiger partial charge in [-0.15, -0.1) is 0 Å². The highest BCUT2D eigenvalue weighted by atomic mass is 16.5. The Morgan fingerprint density at radius 2 is 2.17 bits per heavy atom. The van der Waals surface area contributed by atoms with E-state index in [-0.39, 0.29) is 11.6 Å². The normalized spacial score (nSPS) is 11.7. The monoisotopic (exact) mass is 252 g/mol. The zero-order valence-corrected chi connectivity index (χ0v) is 10.6. The Hall–Kier alpha value is -1.95. The molecule has 0 spiro atoms. The molecule has 6 nitrogen and oxygen atoms in total. The molecule has 98 valence electrons. The lowest BCUT2D eigenvalue weighted by Gasteiger charge is -2.10. The van der Waals surface area contributed by atoms with E-state index in [0.717, 1.165) is 0 Å². The Labute approximate surface area is 105 Å². The van der Waals surface area contributed by atoms with Crippen LogP contribution in [0, 0.1) is 0 Å². The van der Waals surface area contributed by atoms with Crippen molar-refractivity contribution >= 4 is 17.6 Å². The topological polar surface area (TPSA) is 77.5 Å². The molecule has 0 saturated carbocycles. The number of methoxy groups -OCH3 is 1. The minimum Gasteiger partial charge on any atom is -0.461 e. The molecule has 0 aromatic carbocycles. The molecule has 0 bridgehead atoms. The molecule has 0 saturated heterocycles. The second-order valence-electron chi connectivity index (χ2n) is 3.52. The number of nitrogens with zero attached hydrogens (tertiary/aromatic N) is 1. The lowest BCUT2D eigenvalue weighted by molar-refractivity contribution is -0.124. The summed E-state index contributed by atoms with van der Waals surface area (Å²) in [6.45, 7) is 3.65. The third-order valence-corrected chi connectivity index (χ3v) is 2.24. The van der Waals surface area contributed by atoms with Crippen LogP contribution in [0.4, 0.5) is 5.69 Å². The van der Waals surface area contributed by atoms with Crippen LogP contribution in [0.25, 0.3) is 0 Å². The van der Waals surface area contributed by atoms with Gasteiger partial charge in [-0.05, 0) is 26.0 Å². The van der Waals surface area contributed by atoms with Crippen LogP contribution in [0.3, 0.4) is 0 Å². The van der Waals surface area contributed by atoms with Crippen LogP contribution in [-0.4, -0.2) is 36.7 Å². The lowest BCUT2D eigenvalue weighted by atomic mass is 10.3. The van der Waals surface area contributed by atoms with Crippen molar-refractivity contribution in [2.45, 2.75) is 20.0 Å². The average Bonchev–Trinajstić information content (AvgIpc) is 2.38. The number of pyridine rings is 1. The Kier molecular flexibility index (Phi) is 5.26. The van der Waals surface area contributed by atoms with Crippen LogP contribution < -0.4 is 5.32 Å². The van der Waals surface area contributed by atoms with Gasteiger partial charge in [0.1, 0.15) is 11.8 Å². The third kappa shape index (κ3) is 3.81. The number of carbonyl (C=O) groups excluding carboxylic acids is 2. The van der Waals surface area contributed by atoms with Crippen LogP contribution in [0.1, 0.15) is 24.3 Å². The predicted molar refractivity (Wildman–Crippen MR) is 65.3 cm³/mol. The number of ether oxygens (including phenoxy) is 2. The van der Waals surface area contributed by atoms with E-state index in [1.165, 1.54) is 19.4 Å². The van der Waals surface area contributed by atoms with E-state index in [1.807, 2.05) is 0 Å². The number of hydrogen-bond acceptors (Lipinski definition) is 5. The summed E-state index contributed by atoms with van der Waals surface area (Å²) in [6.07, 6.45) is 0.849. The van der Waals surface area contributed by atoms with Crippen molar-refractivity contribution in [3.8, 4) is 0 Å². The first kappa shape index (κ1) is 14.1. The molecule has 1 atom stereocenters. The summed E-state index contributed by atoms with van der Waals surface area (Å²) in [5, 5.41) is 2.61. The van der Waals surface area contributed by atoms with Crippen LogP contribution in [0.15, 0.2) is 18.3 Å². The molecule has 18 heavy (non-hydrogen) atoms. The van der Waals surface area contributed by atoms with Crippen molar-refractivity contribution in [2.24, 2.45) is 0 Å². The second-order valence-corrected chi connectivity index (χ2v) is 3.52. The number of rotatable bonds is 5. The first-order valence-electron chi connectivity index (χ1n) is 5.55. The molecular weight excluding hydrogens is 236 g/mol. The Morgan fingerprint density at radius 1 is 1.44 bits per heavy atom. The standard InChI is InChI=1S/C12H16N2O4/c1-4-18-12(16)10-6-5-9(7-13-10)14-11(15)8(2)17-3/h5-8H,4H2,1-3H3,(H,14,15)/t8-/m1/s1. The molecule has 1 rings (SSSR count). The average molecular weight is 252 g/mol. The van der Waals surface area contributed by atoms with Gasteiger partial charge in [-0.3, -0.25) is 4.79 Å². The largest absolute Gasteiger partial charge is 0.461 e. The summed E-state index contributed by atoms with van der Waals surface area (Å²) < 4.78 is 9.67. The maximum Gasteiger partial charge on any atom is 0.356 e. The van der Waals surface area contributed by atoms with Crippen molar-refractivity contribution in [3.63, 3.8) is 0 Å². The molecule has 1 heterocycles. The van der Waals surface area contributed by atoms with Crippen molar-refractivity contribution < 1.29 is 19.1 Å². The number of amides is 1. The Bertz CT molecular complexity index is 417. The number of hydrogen-bond donors (Lipinski definition) is 1. The van der Waals surface area contributed by atoms with Gasteiger partial charge < -0.3 is 14.8 Å². The van der Waals surface area contributed by atoms with E-state index in [4.69, 9.17) is 9.47 Å². The lowest BCUT2D eigenvalue weighted by Crippen LogP contribution is -2.26. The first-order chi connectivity index (χ1) is 8.58. The molecule has 0 radical (unpaired) electrons. The summed E-state index contributed by atoms with van der Waals surface area (Å²) in [7, 11) is 1.45. The third-order valence-electron chi connectivity index (χ3n) is 2.24. The molecule has 1 N–H and O–H groups in total. The highest BCUT2D eigenvalue weighted by Crippen LogP contribution is 2.08. The van der Waals surface area contributed by atoms with Gasteiger partial charge in [0, 0.05) is 7.11 Å². The Balaban J connectivity index is 2.66. The summed E-state index contributed by atoms with van der Waals surface area (Å²) in [5.74, 6) is -0.760. The molecule has 6 heteroatoms. The smallest absolute Gasteiger partial charge is 0.356 e. The molecule has 0 aliphatic rings. The molecule has 0 aliphatic carbocycles. The number of esters is 1. The molecule has 0 fully saturated rings.